The van der Waals surface area contributed by atoms with Gasteiger partial charge in [0.25, 0.3) is 5.69 Å². The number of nitro benzene ring substituents is 1. The SMILES string of the molecule is CC(C)(C)CCOC(=O)c1ccc([N+](=O)[O-])cc1N. The monoisotopic (exact) mass is 266 g/mol. The van der Waals surface area contributed by atoms with Crippen LogP contribution in [0.3, 0.4) is 0 Å². The Balaban J connectivity index is 2.70. The van der Waals surface area contributed by atoms with Gasteiger partial charge in [0, 0.05) is 12.1 Å². The van der Waals surface area contributed by atoms with E-state index in [2.05, 4.69) is 0 Å². The Bertz CT molecular complexity index is 492. The van der Waals surface area contributed by atoms with E-state index in [1.165, 1.54) is 12.1 Å². The van der Waals surface area contributed by atoms with Crippen molar-refractivity contribution in [1.82, 2.24) is 0 Å². The van der Waals surface area contributed by atoms with E-state index < -0.39 is 10.9 Å². The zero-order valence-corrected chi connectivity index (χ0v) is 11.3. The fourth-order valence-corrected chi connectivity index (χ4v) is 1.38. The van der Waals surface area contributed by atoms with E-state index in [0.717, 1.165) is 12.5 Å². The summed E-state index contributed by atoms with van der Waals surface area (Å²) in [6.45, 7) is 6.42. The summed E-state index contributed by atoms with van der Waals surface area (Å²) in [6, 6.07) is 3.70. The van der Waals surface area contributed by atoms with Crippen molar-refractivity contribution in [3.63, 3.8) is 0 Å². The maximum atomic E-state index is 11.8. The second-order valence-corrected chi connectivity index (χ2v) is 5.48. The maximum Gasteiger partial charge on any atom is 0.340 e. The van der Waals surface area contributed by atoms with Crippen LogP contribution in [0.25, 0.3) is 0 Å². The van der Waals surface area contributed by atoms with Crippen LogP contribution in [0.15, 0.2) is 18.2 Å². The number of anilines is 1. The fourth-order valence-electron chi connectivity index (χ4n) is 1.38. The molecule has 0 aromatic heterocycles. The number of carbonyl (C=O) groups excluding carboxylic acids is 1. The van der Waals surface area contributed by atoms with Gasteiger partial charge in [-0.15, -0.1) is 0 Å². The number of hydrogen-bond acceptors (Lipinski definition) is 5. The minimum Gasteiger partial charge on any atom is -0.462 e. The molecule has 6 heteroatoms. The number of rotatable bonds is 4. The van der Waals surface area contributed by atoms with E-state index in [0.29, 0.717) is 6.61 Å². The first-order valence-corrected chi connectivity index (χ1v) is 5.92. The minimum atomic E-state index is -0.564. The first-order valence-electron chi connectivity index (χ1n) is 5.92. The van der Waals surface area contributed by atoms with Crippen LogP contribution in [0.5, 0.6) is 0 Å². The number of carbonyl (C=O) groups is 1. The van der Waals surface area contributed by atoms with Gasteiger partial charge in [-0.1, -0.05) is 20.8 Å². The van der Waals surface area contributed by atoms with Crippen LogP contribution in [-0.4, -0.2) is 17.5 Å². The predicted molar refractivity (Wildman–Crippen MR) is 71.9 cm³/mol. The molecule has 6 nitrogen and oxygen atoms in total. The van der Waals surface area contributed by atoms with Crippen LogP contribution in [0.4, 0.5) is 11.4 Å². The maximum absolute atomic E-state index is 11.8. The van der Waals surface area contributed by atoms with Crippen molar-refractivity contribution >= 4 is 17.3 Å². The summed E-state index contributed by atoms with van der Waals surface area (Å²) in [6.07, 6.45) is 0.728. The van der Waals surface area contributed by atoms with Gasteiger partial charge in [0.1, 0.15) is 0 Å². The fraction of sp³-hybridized carbons (Fsp3) is 0.462. The third-order valence-corrected chi connectivity index (χ3v) is 2.55. The van der Waals surface area contributed by atoms with Gasteiger partial charge in [0.15, 0.2) is 0 Å². The molecule has 1 rings (SSSR count). The first kappa shape index (κ1) is 14.9. The molecule has 1 aromatic rings. The van der Waals surface area contributed by atoms with E-state index in [4.69, 9.17) is 10.5 Å². The Labute approximate surface area is 111 Å². The second-order valence-electron chi connectivity index (χ2n) is 5.48. The van der Waals surface area contributed by atoms with Crippen LogP contribution in [0.2, 0.25) is 0 Å². The molecular weight excluding hydrogens is 248 g/mol. The number of esters is 1. The molecule has 1 aromatic carbocycles. The average molecular weight is 266 g/mol. The van der Waals surface area contributed by atoms with Gasteiger partial charge in [-0.25, -0.2) is 4.79 Å². The molecule has 0 aliphatic heterocycles. The standard InChI is InChI=1S/C13H18N2O4/c1-13(2,3)6-7-19-12(16)10-5-4-9(15(17)18)8-11(10)14/h4-5,8H,6-7,14H2,1-3H3. The molecule has 0 heterocycles. The Morgan fingerprint density at radius 2 is 2.05 bits per heavy atom. The zero-order valence-electron chi connectivity index (χ0n) is 11.3. The van der Waals surface area contributed by atoms with E-state index in [1.807, 2.05) is 20.8 Å². The van der Waals surface area contributed by atoms with Crippen molar-refractivity contribution in [2.45, 2.75) is 27.2 Å². The van der Waals surface area contributed by atoms with Gasteiger partial charge >= 0.3 is 5.97 Å². The smallest absolute Gasteiger partial charge is 0.340 e. The van der Waals surface area contributed by atoms with E-state index in [-0.39, 0.29) is 22.4 Å². The lowest BCUT2D eigenvalue weighted by Gasteiger charge is -2.17. The number of nitro groups is 1. The zero-order chi connectivity index (χ0) is 14.6. The number of hydrogen-bond donors (Lipinski definition) is 1. The molecule has 0 aliphatic rings. The summed E-state index contributed by atoms with van der Waals surface area (Å²) in [5.74, 6) is -0.559. The highest BCUT2D eigenvalue weighted by atomic mass is 16.6. The van der Waals surface area contributed by atoms with Crippen LogP contribution in [0, 0.1) is 15.5 Å². The van der Waals surface area contributed by atoms with Crippen molar-refractivity contribution in [2.75, 3.05) is 12.3 Å². The van der Waals surface area contributed by atoms with Gasteiger partial charge in [-0.05, 0) is 17.9 Å². The average Bonchev–Trinajstić information content (AvgIpc) is 2.26. The highest BCUT2D eigenvalue weighted by molar-refractivity contribution is 5.95. The number of non-ortho nitro benzene ring substituents is 1. The Morgan fingerprint density at radius 3 is 2.53 bits per heavy atom. The predicted octanol–water partition coefficient (Wildman–Crippen LogP) is 2.77. The van der Waals surface area contributed by atoms with Crippen molar-refractivity contribution in [2.24, 2.45) is 5.41 Å². The number of nitrogen functional groups attached to an aromatic ring is 1. The third kappa shape index (κ3) is 4.57. The quantitative estimate of drug-likeness (QED) is 0.391. The normalized spacial score (nSPS) is 11.1. The van der Waals surface area contributed by atoms with E-state index in [1.54, 1.807) is 0 Å². The molecule has 0 saturated carbocycles. The lowest BCUT2D eigenvalue weighted by Crippen LogP contribution is -2.14. The molecular formula is C13H18N2O4. The summed E-state index contributed by atoms with van der Waals surface area (Å²) in [5.41, 5.74) is 5.74. The lowest BCUT2D eigenvalue weighted by atomic mass is 9.93. The minimum absolute atomic E-state index is 0.0509. The van der Waals surface area contributed by atoms with E-state index in [9.17, 15) is 14.9 Å². The molecule has 0 bridgehead atoms. The van der Waals surface area contributed by atoms with Crippen LogP contribution >= 0.6 is 0 Å². The summed E-state index contributed by atoms with van der Waals surface area (Å²) in [5, 5.41) is 10.6. The van der Waals surface area contributed by atoms with Crippen molar-refractivity contribution < 1.29 is 14.5 Å². The molecule has 0 radical (unpaired) electrons. The van der Waals surface area contributed by atoms with Gasteiger partial charge in [0.2, 0.25) is 0 Å². The number of nitrogens with zero attached hydrogens (tertiary/aromatic N) is 1. The largest absolute Gasteiger partial charge is 0.462 e. The first-order chi connectivity index (χ1) is 8.70. The molecule has 0 amide bonds. The second kappa shape index (κ2) is 5.69. The molecule has 19 heavy (non-hydrogen) atoms. The van der Waals surface area contributed by atoms with E-state index >= 15 is 0 Å². The Morgan fingerprint density at radius 1 is 1.42 bits per heavy atom. The summed E-state index contributed by atoms with van der Waals surface area (Å²) in [7, 11) is 0. The molecule has 0 atom stereocenters. The van der Waals surface area contributed by atoms with Gasteiger partial charge in [-0.2, -0.15) is 0 Å². The number of benzene rings is 1. The van der Waals surface area contributed by atoms with Gasteiger partial charge in [0.05, 0.1) is 22.8 Å². The molecule has 0 unspecified atom stereocenters. The van der Waals surface area contributed by atoms with Crippen molar-refractivity contribution in [1.29, 1.82) is 0 Å². The van der Waals surface area contributed by atoms with Gasteiger partial charge < -0.3 is 10.5 Å². The topological polar surface area (TPSA) is 95.5 Å². The Hall–Kier alpha value is -2.11. The highest BCUT2D eigenvalue weighted by Gasteiger charge is 2.17. The molecule has 104 valence electrons. The number of ether oxygens (including phenoxy) is 1. The van der Waals surface area contributed by atoms with Crippen LogP contribution in [0.1, 0.15) is 37.6 Å². The molecule has 0 saturated heterocycles. The van der Waals surface area contributed by atoms with Crippen molar-refractivity contribution in [3.05, 3.63) is 33.9 Å². The summed E-state index contributed by atoms with van der Waals surface area (Å²) < 4.78 is 5.10. The third-order valence-electron chi connectivity index (χ3n) is 2.55. The lowest BCUT2D eigenvalue weighted by molar-refractivity contribution is -0.384. The van der Waals surface area contributed by atoms with Crippen LogP contribution in [-0.2, 0) is 4.74 Å². The highest BCUT2D eigenvalue weighted by Crippen LogP contribution is 2.22. The van der Waals surface area contributed by atoms with Gasteiger partial charge in [-0.3, -0.25) is 10.1 Å². The molecule has 2 N–H and O–H groups in total. The molecule has 0 spiro atoms. The summed E-state index contributed by atoms with van der Waals surface area (Å²) >= 11 is 0. The molecule has 0 fully saturated rings. The number of nitrogens with two attached hydrogens (primary N) is 1. The van der Waals surface area contributed by atoms with Crippen LogP contribution < -0.4 is 5.73 Å². The van der Waals surface area contributed by atoms with Crippen molar-refractivity contribution in [3.8, 4) is 0 Å². The molecule has 0 aliphatic carbocycles. The summed E-state index contributed by atoms with van der Waals surface area (Å²) in [4.78, 5) is 21.7. The Kier molecular flexibility index (Phi) is 4.47.